The molecular weight excluding hydrogens is 302 g/mol. The van der Waals surface area contributed by atoms with Gasteiger partial charge in [-0.2, -0.15) is 4.31 Å². The number of hydrogen-bond acceptors (Lipinski definition) is 3. The molecule has 1 fully saturated rings. The van der Waals surface area contributed by atoms with Crippen molar-refractivity contribution in [2.45, 2.75) is 37.6 Å². The number of sulfonamides is 1. The first-order valence-electron chi connectivity index (χ1n) is 7.12. The minimum atomic E-state index is -3.41. The van der Waals surface area contributed by atoms with E-state index in [4.69, 9.17) is 0 Å². The molecule has 3 rings (SSSR count). The third-order valence-corrected chi connectivity index (χ3v) is 7.04. The van der Waals surface area contributed by atoms with E-state index < -0.39 is 10.0 Å². The van der Waals surface area contributed by atoms with Gasteiger partial charge in [-0.15, -0.1) is 11.3 Å². The van der Waals surface area contributed by atoms with E-state index in [1.54, 1.807) is 27.8 Å². The Kier molecular flexibility index (Phi) is 3.90. The lowest BCUT2D eigenvalue weighted by molar-refractivity contribution is 0.401. The quantitative estimate of drug-likeness (QED) is 0.860. The van der Waals surface area contributed by atoms with Crippen molar-refractivity contribution in [1.29, 1.82) is 0 Å². The molecule has 1 aliphatic rings. The molecule has 0 amide bonds. The third kappa shape index (κ3) is 2.65. The minimum absolute atomic E-state index is 0.00314. The van der Waals surface area contributed by atoms with Gasteiger partial charge in [0.15, 0.2) is 0 Å². The zero-order valence-electron chi connectivity index (χ0n) is 12.2. The highest BCUT2D eigenvalue weighted by atomic mass is 32.2. The van der Waals surface area contributed by atoms with E-state index in [2.05, 4.69) is 0 Å². The van der Waals surface area contributed by atoms with Crippen molar-refractivity contribution in [1.82, 2.24) is 4.31 Å². The maximum absolute atomic E-state index is 12.9. The van der Waals surface area contributed by atoms with E-state index in [0.717, 1.165) is 28.8 Å². The summed E-state index contributed by atoms with van der Waals surface area (Å²) in [5, 5.41) is 2.01. The molecule has 21 heavy (non-hydrogen) atoms. The van der Waals surface area contributed by atoms with Gasteiger partial charge in [0.2, 0.25) is 10.0 Å². The fourth-order valence-electron chi connectivity index (χ4n) is 2.80. The topological polar surface area (TPSA) is 37.4 Å². The van der Waals surface area contributed by atoms with Crippen LogP contribution in [0.25, 0.3) is 0 Å². The number of benzene rings is 1. The van der Waals surface area contributed by atoms with Crippen LogP contribution in [-0.2, 0) is 10.0 Å². The Hall–Kier alpha value is -1.17. The Bertz CT molecular complexity index is 736. The van der Waals surface area contributed by atoms with Crippen molar-refractivity contribution in [2.75, 3.05) is 6.54 Å². The molecule has 0 saturated carbocycles. The summed E-state index contributed by atoms with van der Waals surface area (Å²) < 4.78 is 27.5. The fraction of sp³-hybridized carbons (Fsp3) is 0.375. The zero-order valence-corrected chi connectivity index (χ0v) is 13.9. The summed E-state index contributed by atoms with van der Waals surface area (Å²) in [6.45, 7) is 4.56. The van der Waals surface area contributed by atoms with Crippen molar-refractivity contribution >= 4 is 21.4 Å². The van der Waals surface area contributed by atoms with E-state index >= 15 is 0 Å². The molecule has 5 heteroatoms. The second-order valence-corrected chi connectivity index (χ2v) is 8.41. The summed E-state index contributed by atoms with van der Waals surface area (Å²) >= 11 is 1.63. The number of hydrogen-bond donors (Lipinski definition) is 0. The van der Waals surface area contributed by atoms with Gasteiger partial charge in [-0.1, -0.05) is 12.1 Å². The SMILES string of the molecule is Cc1ccc(S(=O)(=O)N2CCC[C@@H]2c2cccs2)cc1C. The standard InChI is InChI=1S/C16H19NO2S2/c1-12-7-8-14(11-13(12)2)21(18,19)17-9-3-5-15(17)16-6-4-10-20-16/h4,6-8,10-11,15H,3,5,9H2,1-2H3/t15-/m1/s1. The van der Waals surface area contributed by atoms with E-state index in [1.165, 1.54) is 0 Å². The van der Waals surface area contributed by atoms with Gasteiger partial charge in [-0.25, -0.2) is 8.42 Å². The molecule has 1 aromatic carbocycles. The molecule has 0 unspecified atom stereocenters. The average molecular weight is 321 g/mol. The Morgan fingerprint density at radius 2 is 2.00 bits per heavy atom. The van der Waals surface area contributed by atoms with Gasteiger partial charge in [-0.3, -0.25) is 0 Å². The van der Waals surface area contributed by atoms with E-state index in [9.17, 15) is 8.42 Å². The zero-order chi connectivity index (χ0) is 15.0. The molecule has 1 atom stereocenters. The molecule has 1 aromatic heterocycles. The van der Waals surface area contributed by atoms with E-state index in [1.807, 2.05) is 37.4 Å². The van der Waals surface area contributed by atoms with Crippen LogP contribution in [0.15, 0.2) is 40.6 Å². The van der Waals surface area contributed by atoms with Crippen molar-refractivity contribution in [3.8, 4) is 0 Å². The summed E-state index contributed by atoms with van der Waals surface area (Å²) in [6.07, 6.45) is 1.83. The Morgan fingerprint density at radius 1 is 1.19 bits per heavy atom. The molecule has 0 bridgehead atoms. The van der Waals surface area contributed by atoms with Crippen LogP contribution in [0, 0.1) is 13.8 Å². The predicted octanol–water partition coefficient (Wildman–Crippen LogP) is 3.89. The van der Waals surface area contributed by atoms with Crippen LogP contribution in [0.1, 0.15) is 34.9 Å². The maximum Gasteiger partial charge on any atom is 0.243 e. The molecule has 0 radical (unpaired) electrons. The highest BCUT2D eigenvalue weighted by Crippen LogP contribution is 2.38. The van der Waals surface area contributed by atoms with Gasteiger partial charge in [0.05, 0.1) is 10.9 Å². The van der Waals surface area contributed by atoms with Crippen molar-refractivity contribution in [2.24, 2.45) is 0 Å². The maximum atomic E-state index is 12.9. The Balaban J connectivity index is 1.99. The number of nitrogens with zero attached hydrogens (tertiary/aromatic N) is 1. The summed E-state index contributed by atoms with van der Waals surface area (Å²) in [7, 11) is -3.41. The van der Waals surface area contributed by atoms with Gasteiger partial charge >= 0.3 is 0 Å². The third-order valence-electron chi connectivity index (χ3n) is 4.16. The Labute approximate surface area is 130 Å². The van der Waals surface area contributed by atoms with Crippen LogP contribution < -0.4 is 0 Å². The monoisotopic (exact) mass is 321 g/mol. The van der Waals surface area contributed by atoms with Crippen molar-refractivity contribution < 1.29 is 8.42 Å². The number of rotatable bonds is 3. The van der Waals surface area contributed by atoms with Crippen molar-refractivity contribution in [3.05, 3.63) is 51.7 Å². The van der Waals surface area contributed by atoms with Crippen LogP contribution in [0.5, 0.6) is 0 Å². The molecule has 1 aliphatic heterocycles. The summed E-state index contributed by atoms with van der Waals surface area (Å²) in [4.78, 5) is 1.55. The van der Waals surface area contributed by atoms with E-state index in [0.29, 0.717) is 11.4 Å². The van der Waals surface area contributed by atoms with Crippen molar-refractivity contribution in [3.63, 3.8) is 0 Å². The first-order valence-corrected chi connectivity index (χ1v) is 9.44. The lowest BCUT2D eigenvalue weighted by Crippen LogP contribution is -2.30. The second-order valence-electron chi connectivity index (χ2n) is 5.54. The lowest BCUT2D eigenvalue weighted by atomic mass is 10.1. The molecule has 3 nitrogen and oxygen atoms in total. The molecule has 1 saturated heterocycles. The highest BCUT2D eigenvalue weighted by Gasteiger charge is 2.36. The highest BCUT2D eigenvalue weighted by molar-refractivity contribution is 7.89. The van der Waals surface area contributed by atoms with Crippen LogP contribution >= 0.6 is 11.3 Å². The predicted molar refractivity (Wildman–Crippen MR) is 86.1 cm³/mol. The molecule has 0 aliphatic carbocycles. The summed E-state index contributed by atoms with van der Waals surface area (Å²) in [5.41, 5.74) is 2.13. The molecule has 0 spiro atoms. The first-order chi connectivity index (χ1) is 10.00. The van der Waals surface area contributed by atoms with Gasteiger partial charge in [0, 0.05) is 11.4 Å². The van der Waals surface area contributed by atoms with Gasteiger partial charge in [-0.05, 0) is 61.4 Å². The second kappa shape index (κ2) is 5.55. The van der Waals surface area contributed by atoms with Crippen LogP contribution in [0.4, 0.5) is 0 Å². The van der Waals surface area contributed by atoms with E-state index in [-0.39, 0.29) is 6.04 Å². The fourth-order valence-corrected chi connectivity index (χ4v) is 5.50. The largest absolute Gasteiger partial charge is 0.243 e. The minimum Gasteiger partial charge on any atom is -0.207 e. The summed E-state index contributed by atoms with van der Waals surface area (Å²) in [6, 6.07) is 9.41. The molecule has 0 N–H and O–H groups in total. The smallest absolute Gasteiger partial charge is 0.207 e. The molecule has 2 aromatic rings. The average Bonchev–Trinajstić information content (AvgIpc) is 3.11. The van der Waals surface area contributed by atoms with Crippen LogP contribution in [0.3, 0.4) is 0 Å². The molecular formula is C16H19NO2S2. The normalized spacial score (nSPS) is 20.0. The lowest BCUT2D eigenvalue weighted by Gasteiger charge is -2.23. The van der Waals surface area contributed by atoms with Gasteiger partial charge < -0.3 is 0 Å². The first kappa shape index (κ1) is 14.8. The molecule has 112 valence electrons. The van der Waals surface area contributed by atoms with Gasteiger partial charge in [0.1, 0.15) is 0 Å². The van der Waals surface area contributed by atoms with Crippen LogP contribution in [0.2, 0.25) is 0 Å². The Morgan fingerprint density at radius 3 is 2.67 bits per heavy atom. The number of aryl methyl sites for hydroxylation is 2. The van der Waals surface area contributed by atoms with Gasteiger partial charge in [0.25, 0.3) is 0 Å². The van der Waals surface area contributed by atoms with Crippen LogP contribution in [-0.4, -0.2) is 19.3 Å². The number of thiophene rings is 1. The molecule has 2 heterocycles. The summed E-state index contributed by atoms with van der Waals surface area (Å²) in [5.74, 6) is 0.